The standard InChI is InChI=1S/C19H19BrN4O/c1-13(16-4-3-9-24(25)12-16)11-21-18-10-14(2)22-19(23-18)15-5-7-17(20)8-6-15/h3-10,12-13H,11H2,1-2H3,(H,21,22,23). The maximum absolute atomic E-state index is 11.4. The van der Waals surface area contributed by atoms with E-state index in [1.54, 1.807) is 12.3 Å². The fourth-order valence-electron chi connectivity index (χ4n) is 2.53. The van der Waals surface area contributed by atoms with Gasteiger partial charge in [-0.05, 0) is 25.1 Å². The zero-order valence-corrected chi connectivity index (χ0v) is 15.7. The zero-order chi connectivity index (χ0) is 17.8. The Morgan fingerprint density at radius 3 is 2.68 bits per heavy atom. The molecule has 1 unspecified atom stereocenters. The van der Waals surface area contributed by atoms with Crippen LogP contribution in [-0.2, 0) is 0 Å². The lowest BCUT2D eigenvalue weighted by atomic mass is 10.0. The first kappa shape index (κ1) is 17.4. The van der Waals surface area contributed by atoms with Crippen LogP contribution >= 0.6 is 15.9 Å². The van der Waals surface area contributed by atoms with Crippen LogP contribution < -0.4 is 10.0 Å². The Morgan fingerprint density at radius 2 is 1.96 bits per heavy atom. The van der Waals surface area contributed by atoms with Crippen molar-refractivity contribution in [2.45, 2.75) is 19.8 Å². The van der Waals surface area contributed by atoms with Gasteiger partial charge in [-0.15, -0.1) is 0 Å². The van der Waals surface area contributed by atoms with Gasteiger partial charge in [0.05, 0.1) is 0 Å². The number of anilines is 1. The Morgan fingerprint density at radius 1 is 1.20 bits per heavy atom. The molecule has 0 saturated carbocycles. The van der Waals surface area contributed by atoms with Crippen LogP contribution in [0.15, 0.2) is 59.3 Å². The van der Waals surface area contributed by atoms with Crippen LogP contribution in [0.5, 0.6) is 0 Å². The van der Waals surface area contributed by atoms with Crippen LogP contribution in [-0.4, -0.2) is 16.5 Å². The van der Waals surface area contributed by atoms with E-state index in [4.69, 9.17) is 0 Å². The second-order valence-electron chi connectivity index (χ2n) is 6.00. The lowest BCUT2D eigenvalue weighted by Gasteiger charge is -2.14. The number of aryl methyl sites for hydroxylation is 1. The van der Waals surface area contributed by atoms with E-state index in [2.05, 4.69) is 38.1 Å². The van der Waals surface area contributed by atoms with Gasteiger partial charge in [0.15, 0.2) is 18.2 Å². The molecule has 0 saturated heterocycles. The molecule has 0 radical (unpaired) electrons. The summed E-state index contributed by atoms with van der Waals surface area (Å²) in [5, 5.41) is 14.8. The molecule has 0 bridgehead atoms. The minimum atomic E-state index is 0.188. The Hall–Kier alpha value is -2.47. The highest BCUT2D eigenvalue weighted by atomic mass is 79.9. The van der Waals surface area contributed by atoms with Gasteiger partial charge in [-0.2, -0.15) is 4.73 Å². The third-order valence-electron chi connectivity index (χ3n) is 3.91. The first-order valence-electron chi connectivity index (χ1n) is 8.05. The third kappa shape index (κ3) is 4.54. The van der Waals surface area contributed by atoms with E-state index in [0.29, 0.717) is 12.4 Å². The van der Waals surface area contributed by atoms with E-state index in [-0.39, 0.29) is 5.92 Å². The molecule has 1 N–H and O–H groups in total. The Bertz CT molecular complexity index is 868. The van der Waals surface area contributed by atoms with E-state index in [9.17, 15) is 5.21 Å². The summed E-state index contributed by atoms with van der Waals surface area (Å²) in [6.07, 6.45) is 3.09. The van der Waals surface area contributed by atoms with Crippen molar-refractivity contribution in [3.8, 4) is 11.4 Å². The van der Waals surface area contributed by atoms with Gasteiger partial charge in [0.2, 0.25) is 0 Å². The predicted molar refractivity (Wildman–Crippen MR) is 102 cm³/mol. The van der Waals surface area contributed by atoms with E-state index >= 15 is 0 Å². The third-order valence-corrected chi connectivity index (χ3v) is 4.44. The van der Waals surface area contributed by atoms with Crippen LogP contribution in [0, 0.1) is 12.1 Å². The molecule has 2 heterocycles. The smallest absolute Gasteiger partial charge is 0.183 e. The van der Waals surface area contributed by atoms with Gasteiger partial charge < -0.3 is 10.5 Å². The molecule has 1 aromatic carbocycles. The quantitative estimate of drug-likeness (QED) is 0.519. The van der Waals surface area contributed by atoms with Crippen molar-refractivity contribution in [3.63, 3.8) is 0 Å². The van der Waals surface area contributed by atoms with E-state index in [1.807, 2.05) is 43.3 Å². The molecule has 128 valence electrons. The predicted octanol–water partition coefficient (Wildman–Crippen LogP) is 4.06. The molecule has 6 heteroatoms. The van der Waals surface area contributed by atoms with Gasteiger partial charge in [-0.25, -0.2) is 9.97 Å². The van der Waals surface area contributed by atoms with Crippen molar-refractivity contribution in [2.75, 3.05) is 11.9 Å². The van der Waals surface area contributed by atoms with Gasteiger partial charge in [0.25, 0.3) is 0 Å². The van der Waals surface area contributed by atoms with Crippen LogP contribution in [0.4, 0.5) is 5.82 Å². The van der Waals surface area contributed by atoms with Gasteiger partial charge >= 0.3 is 0 Å². The first-order valence-corrected chi connectivity index (χ1v) is 8.85. The molecule has 0 aliphatic rings. The summed E-state index contributed by atoms with van der Waals surface area (Å²) in [7, 11) is 0. The number of aromatic nitrogens is 3. The molecule has 0 aliphatic heterocycles. The first-order chi connectivity index (χ1) is 12.0. The average molecular weight is 399 g/mol. The minimum absolute atomic E-state index is 0.188. The normalized spacial score (nSPS) is 12.0. The summed E-state index contributed by atoms with van der Waals surface area (Å²) in [6, 6.07) is 13.6. The Kier molecular flexibility index (Phi) is 5.28. The van der Waals surface area contributed by atoms with E-state index in [0.717, 1.165) is 31.8 Å². The molecule has 0 fully saturated rings. The molecule has 0 spiro atoms. The molecular weight excluding hydrogens is 380 g/mol. The van der Waals surface area contributed by atoms with Crippen molar-refractivity contribution in [1.82, 2.24) is 9.97 Å². The molecular formula is C19H19BrN4O. The molecule has 25 heavy (non-hydrogen) atoms. The van der Waals surface area contributed by atoms with Gasteiger partial charge in [0.1, 0.15) is 5.82 Å². The summed E-state index contributed by atoms with van der Waals surface area (Å²) in [4.78, 5) is 9.13. The summed E-state index contributed by atoms with van der Waals surface area (Å²) >= 11 is 3.44. The number of hydrogen-bond acceptors (Lipinski definition) is 4. The number of hydrogen-bond donors (Lipinski definition) is 1. The van der Waals surface area contributed by atoms with Crippen LogP contribution in [0.2, 0.25) is 0 Å². The second kappa shape index (κ2) is 7.61. The van der Waals surface area contributed by atoms with Crippen molar-refractivity contribution in [2.24, 2.45) is 0 Å². The molecule has 5 nitrogen and oxygen atoms in total. The van der Waals surface area contributed by atoms with Crippen molar-refractivity contribution in [1.29, 1.82) is 0 Å². The van der Waals surface area contributed by atoms with E-state index in [1.165, 1.54) is 6.20 Å². The molecule has 0 aliphatic carbocycles. The Balaban J connectivity index is 1.75. The number of rotatable bonds is 5. The fourth-order valence-corrected chi connectivity index (χ4v) is 2.79. The largest absolute Gasteiger partial charge is 0.619 e. The SMILES string of the molecule is Cc1cc(NCC(C)c2ccc[n+]([O-])c2)nc(-c2ccc(Br)cc2)n1. The summed E-state index contributed by atoms with van der Waals surface area (Å²) in [5.41, 5.74) is 2.86. The van der Waals surface area contributed by atoms with Crippen molar-refractivity contribution in [3.05, 3.63) is 75.8 Å². The van der Waals surface area contributed by atoms with Crippen molar-refractivity contribution >= 4 is 21.7 Å². The number of halogens is 1. The fraction of sp³-hybridized carbons (Fsp3) is 0.211. The number of pyridine rings is 1. The maximum Gasteiger partial charge on any atom is 0.183 e. The molecule has 3 rings (SSSR count). The highest BCUT2D eigenvalue weighted by Crippen LogP contribution is 2.21. The van der Waals surface area contributed by atoms with Crippen LogP contribution in [0.1, 0.15) is 24.1 Å². The Labute approximate surface area is 155 Å². The monoisotopic (exact) mass is 398 g/mol. The maximum atomic E-state index is 11.4. The second-order valence-corrected chi connectivity index (χ2v) is 6.92. The van der Waals surface area contributed by atoms with Crippen LogP contribution in [0.3, 0.4) is 0 Å². The summed E-state index contributed by atoms with van der Waals surface area (Å²) < 4.78 is 1.85. The molecule has 0 amide bonds. The number of nitrogens with zero attached hydrogens (tertiary/aromatic N) is 3. The lowest BCUT2D eigenvalue weighted by molar-refractivity contribution is -0.605. The number of nitrogens with one attached hydrogen (secondary N) is 1. The van der Waals surface area contributed by atoms with Gasteiger partial charge in [-0.3, -0.25) is 0 Å². The topological polar surface area (TPSA) is 64.8 Å². The lowest BCUT2D eigenvalue weighted by Crippen LogP contribution is -2.26. The minimum Gasteiger partial charge on any atom is -0.619 e. The van der Waals surface area contributed by atoms with Gasteiger partial charge in [-0.1, -0.05) is 35.0 Å². The average Bonchev–Trinajstić information content (AvgIpc) is 2.60. The van der Waals surface area contributed by atoms with Crippen molar-refractivity contribution < 1.29 is 4.73 Å². The molecule has 3 aromatic rings. The molecule has 1 atom stereocenters. The number of benzene rings is 1. The summed E-state index contributed by atoms with van der Waals surface area (Å²) in [6.45, 7) is 4.71. The molecule has 2 aromatic heterocycles. The van der Waals surface area contributed by atoms with Gasteiger partial charge in [0, 0.05) is 45.9 Å². The summed E-state index contributed by atoms with van der Waals surface area (Å²) in [5.74, 6) is 1.66. The van der Waals surface area contributed by atoms with E-state index < -0.39 is 0 Å². The van der Waals surface area contributed by atoms with Crippen LogP contribution in [0.25, 0.3) is 11.4 Å². The highest BCUT2D eigenvalue weighted by Gasteiger charge is 2.10. The zero-order valence-electron chi connectivity index (χ0n) is 14.1. The highest BCUT2D eigenvalue weighted by molar-refractivity contribution is 9.10.